The molecule has 0 unspecified atom stereocenters. The summed E-state index contributed by atoms with van der Waals surface area (Å²) < 4.78 is 2.46. The predicted octanol–water partition coefficient (Wildman–Crippen LogP) is 11.9. The summed E-state index contributed by atoms with van der Waals surface area (Å²) in [5, 5.41) is 2.57. The third-order valence-corrected chi connectivity index (χ3v) is 10.4. The second-order valence-electron chi connectivity index (χ2n) is 13.4. The molecule has 0 bridgehead atoms. The number of anilines is 2. The molecule has 226 valence electrons. The largest absolute Gasteiger partial charge is 0.341 e. The van der Waals surface area contributed by atoms with Crippen molar-refractivity contribution in [1.29, 1.82) is 0 Å². The van der Waals surface area contributed by atoms with Gasteiger partial charge in [-0.05, 0) is 100.0 Å². The fraction of sp³-hybridized carbons (Fsp3) is 0.111. The lowest BCUT2D eigenvalue weighted by atomic mass is 9.82. The first-order chi connectivity index (χ1) is 23.0. The molecule has 9 rings (SSSR count). The molecule has 1 aliphatic heterocycles. The molecule has 0 saturated carbocycles. The van der Waals surface area contributed by atoms with Gasteiger partial charge in [-0.3, -0.25) is 0 Å². The van der Waals surface area contributed by atoms with Crippen LogP contribution in [0.5, 0.6) is 0 Å². The Morgan fingerprint density at radius 3 is 2.23 bits per heavy atom. The number of aromatic nitrogens is 1. The maximum atomic E-state index is 4.48. The van der Waals surface area contributed by atoms with Gasteiger partial charge in [-0.1, -0.05) is 111 Å². The first kappa shape index (κ1) is 27.7. The van der Waals surface area contributed by atoms with Crippen molar-refractivity contribution in [1.82, 2.24) is 4.57 Å². The smallest absolute Gasteiger partial charge is 0.0544 e. The van der Waals surface area contributed by atoms with E-state index in [1.807, 2.05) is 0 Å². The number of nitrogens with zero attached hydrogens (tertiary/aromatic N) is 2. The molecule has 1 aliphatic carbocycles. The Morgan fingerprint density at radius 1 is 0.574 bits per heavy atom. The summed E-state index contributed by atoms with van der Waals surface area (Å²) in [6.07, 6.45) is 5.40. The molecule has 2 aliphatic rings. The first-order valence-electron chi connectivity index (χ1n) is 16.6. The van der Waals surface area contributed by atoms with Crippen molar-refractivity contribution in [3.05, 3.63) is 169 Å². The molecule has 0 atom stereocenters. The number of hydrogen-bond acceptors (Lipinski definition) is 1. The van der Waals surface area contributed by atoms with Crippen molar-refractivity contribution >= 4 is 38.8 Å². The Morgan fingerprint density at radius 2 is 1.34 bits per heavy atom. The van der Waals surface area contributed by atoms with Gasteiger partial charge >= 0.3 is 0 Å². The van der Waals surface area contributed by atoms with Gasteiger partial charge in [0.05, 0.1) is 11.0 Å². The highest BCUT2D eigenvalue weighted by atomic mass is 15.1. The van der Waals surface area contributed by atoms with E-state index in [1.165, 1.54) is 77.8 Å². The average Bonchev–Trinajstić information content (AvgIpc) is 3.55. The van der Waals surface area contributed by atoms with Gasteiger partial charge < -0.3 is 9.47 Å². The maximum Gasteiger partial charge on any atom is 0.0544 e. The van der Waals surface area contributed by atoms with E-state index in [0.29, 0.717) is 0 Å². The summed E-state index contributed by atoms with van der Waals surface area (Å²) in [4.78, 5) is 2.42. The van der Waals surface area contributed by atoms with Crippen molar-refractivity contribution in [2.75, 3.05) is 11.4 Å². The van der Waals surface area contributed by atoms with Crippen molar-refractivity contribution in [3.8, 4) is 27.9 Å². The lowest BCUT2D eigenvalue weighted by Gasteiger charge is -2.29. The van der Waals surface area contributed by atoms with Gasteiger partial charge in [0.15, 0.2) is 0 Å². The van der Waals surface area contributed by atoms with E-state index in [4.69, 9.17) is 0 Å². The SMILES string of the molecule is C=C1/C=C\CCN(c2ccccc2)c2ccc(-c3cccc(-n4c5ccccc5c5cc6c(cc54)C(C)(C)c4ccccc4-6)c3)cc21. The van der Waals surface area contributed by atoms with Crippen molar-refractivity contribution in [2.45, 2.75) is 25.7 Å². The maximum absolute atomic E-state index is 4.48. The van der Waals surface area contributed by atoms with Crippen LogP contribution in [0.3, 0.4) is 0 Å². The van der Waals surface area contributed by atoms with E-state index in [2.05, 4.69) is 176 Å². The monoisotopic (exact) mass is 604 g/mol. The Kier molecular flexibility index (Phi) is 6.17. The molecule has 6 aromatic carbocycles. The van der Waals surface area contributed by atoms with Crippen molar-refractivity contribution < 1.29 is 0 Å². The van der Waals surface area contributed by atoms with Crippen LogP contribution in [0.15, 0.2) is 152 Å². The van der Waals surface area contributed by atoms with Gasteiger partial charge in [-0.15, -0.1) is 0 Å². The summed E-state index contributed by atoms with van der Waals surface area (Å²) in [5.74, 6) is 0. The summed E-state index contributed by atoms with van der Waals surface area (Å²) in [6, 6.07) is 49.2. The Bertz CT molecular complexity index is 2400. The molecule has 0 radical (unpaired) electrons. The molecule has 0 N–H and O–H groups in total. The number of fused-ring (bicyclic) bond motifs is 7. The zero-order valence-corrected chi connectivity index (χ0v) is 26.9. The highest BCUT2D eigenvalue weighted by Crippen LogP contribution is 2.51. The fourth-order valence-electron chi connectivity index (χ4n) is 7.99. The molecular weight excluding hydrogens is 569 g/mol. The van der Waals surface area contributed by atoms with E-state index in [-0.39, 0.29) is 5.41 Å². The molecule has 0 saturated heterocycles. The van der Waals surface area contributed by atoms with Crippen LogP contribution in [0.4, 0.5) is 11.4 Å². The summed E-state index contributed by atoms with van der Waals surface area (Å²) in [5.41, 5.74) is 16.1. The standard InChI is InChI=1S/C45H36N2/c1-30-14-11-12-25-46(33-16-5-4-6-17-33)42-24-23-32(27-37(30)42)31-15-13-18-34(26-31)47-43-22-10-8-20-36(43)39-28-38-35-19-7-9-21-40(35)45(2,3)41(38)29-44(39)47/h4-11,13-24,26-29H,1,12,25H2,2-3H3/b14-11-. The molecular formula is C45H36N2. The molecule has 0 fully saturated rings. The average molecular weight is 605 g/mol. The number of allylic oxidation sites excluding steroid dienone is 2. The molecule has 47 heavy (non-hydrogen) atoms. The molecule has 0 spiro atoms. The van der Waals surface area contributed by atoms with E-state index < -0.39 is 0 Å². The quantitative estimate of drug-likeness (QED) is 0.195. The molecule has 2 nitrogen and oxygen atoms in total. The lowest BCUT2D eigenvalue weighted by molar-refractivity contribution is 0.661. The second kappa shape index (κ2) is 10.5. The van der Waals surface area contributed by atoms with Gasteiger partial charge in [0, 0.05) is 45.4 Å². The van der Waals surface area contributed by atoms with Crippen LogP contribution in [-0.4, -0.2) is 11.1 Å². The lowest BCUT2D eigenvalue weighted by Crippen LogP contribution is -2.20. The third kappa shape index (κ3) is 4.25. The van der Waals surface area contributed by atoms with E-state index in [1.54, 1.807) is 0 Å². The van der Waals surface area contributed by atoms with Gasteiger partial charge in [0.25, 0.3) is 0 Å². The van der Waals surface area contributed by atoms with E-state index in [9.17, 15) is 0 Å². The van der Waals surface area contributed by atoms with Crippen molar-refractivity contribution in [2.24, 2.45) is 0 Å². The number of benzene rings is 6. The van der Waals surface area contributed by atoms with Crippen LogP contribution in [0.1, 0.15) is 37.0 Å². The van der Waals surface area contributed by atoms with Gasteiger partial charge in [0.1, 0.15) is 0 Å². The zero-order chi connectivity index (χ0) is 31.7. The van der Waals surface area contributed by atoms with Crippen LogP contribution in [0.25, 0.3) is 55.3 Å². The van der Waals surface area contributed by atoms with Crippen LogP contribution in [0.2, 0.25) is 0 Å². The van der Waals surface area contributed by atoms with E-state index in [0.717, 1.165) is 18.5 Å². The number of para-hydroxylation sites is 2. The minimum absolute atomic E-state index is 0.0611. The minimum Gasteiger partial charge on any atom is -0.341 e. The fourth-order valence-corrected chi connectivity index (χ4v) is 7.99. The van der Waals surface area contributed by atoms with Gasteiger partial charge in [-0.25, -0.2) is 0 Å². The summed E-state index contributed by atoms with van der Waals surface area (Å²) in [6.45, 7) is 10.1. The van der Waals surface area contributed by atoms with Crippen LogP contribution < -0.4 is 4.90 Å². The number of hydrogen-bond donors (Lipinski definition) is 0. The topological polar surface area (TPSA) is 8.17 Å². The summed E-state index contributed by atoms with van der Waals surface area (Å²) in [7, 11) is 0. The second-order valence-corrected chi connectivity index (χ2v) is 13.4. The Balaban J connectivity index is 1.21. The normalized spacial score (nSPS) is 15.6. The Labute approximate surface area is 276 Å². The van der Waals surface area contributed by atoms with Crippen LogP contribution in [-0.2, 0) is 5.41 Å². The molecule has 7 aromatic rings. The predicted molar refractivity (Wildman–Crippen MR) is 200 cm³/mol. The van der Waals surface area contributed by atoms with E-state index >= 15 is 0 Å². The Hall–Kier alpha value is -5.60. The van der Waals surface area contributed by atoms with Crippen LogP contribution in [0, 0.1) is 0 Å². The zero-order valence-electron chi connectivity index (χ0n) is 26.9. The highest BCUT2D eigenvalue weighted by molar-refractivity contribution is 6.11. The molecule has 1 aromatic heterocycles. The molecule has 2 heterocycles. The molecule has 2 heteroatoms. The highest BCUT2D eigenvalue weighted by Gasteiger charge is 2.36. The van der Waals surface area contributed by atoms with Crippen molar-refractivity contribution in [3.63, 3.8) is 0 Å². The molecule has 0 amide bonds. The first-order valence-corrected chi connectivity index (χ1v) is 16.6. The van der Waals surface area contributed by atoms with Gasteiger partial charge in [-0.2, -0.15) is 0 Å². The van der Waals surface area contributed by atoms with Gasteiger partial charge in [0.2, 0.25) is 0 Å². The summed E-state index contributed by atoms with van der Waals surface area (Å²) >= 11 is 0. The van der Waals surface area contributed by atoms with Crippen LogP contribution >= 0.6 is 0 Å². The minimum atomic E-state index is -0.0611. The third-order valence-electron chi connectivity index (χ3n) is 10.4. The number of rotatable bonds is 3.